The number of hydrogen-bond acceptors (Lipinski definition) is 3. The van der Waals surface area contributed by atoms with Crippen LogP contribution in [-0.2, 0) is 22.7 Å². The van der Waals surface area contributed by atoms with Gasteiger partial charge in [-0.1, -0.05) is 13.0 Å². The third kappa shape index (κ3) is 2.40. The molecule has 2 N–H and O–H groups in total. The molecule has 3 rings (SSSR count). The topological polar surface area (TPSA) is 60.2 Å². The predicted molar refractivity (Wildman–Crippen MR) is 80.4 cm³/mol. The standard InChI is InChI=1S/C16H23NO2S/c1-11-5-8-15(17)16(9-11)20(18,19)14-7-6-12-3-2-4-13(12)10-14/h6-7,10-11,15-16H,2-5,8-9,17H2,1H3. The number of aryl methyl sites for hydroxylation is 2. The van der Waals surface area contributed by atoms with E-state index in [1.54, 1.807) is 6.07 Å². The summed E-state index contributed by atoms with van der Waals surface area (Å²) in [6.07, 6.45) is 5.77. The molecule has 0 aliphatic heterocycles. The lowest BCUT2D eigenvalue weighted by Gasteiger charge is -2.32. The number of nitrogens with two attached hydrogens (primary N) is 1. The molecule has 0 heterocycles. The Bertz CT molecular complexity index is 609. The molecule has 0 amide bonds. The van der Waals surface area contributed by atoms with Gasteiger partial charge in [-0.05, 0) is 67.7 Å². The number of benzene rings is 1. The van der Waals surface area contributed by atoms with E-state index in [-0.39, 0.29) is 6.04 Å². The van der Waals surface area contributed by atoms with Crippen LogP contribution in [0.4, 0.5) is 0 Å². The molecule has 1 fully saturated rings. The van der Waals surface area contributed by atoms with Crippen LogP contribution in [0, 0.1) is 5.92 Å². The van der Waals surface area contributed by atoms with Crippen molar-refractivity contribution >= 4 is 9.84 Å². The first-order chi connectivity index (χ1) is 9.48. The van der Waals surface area contributed by atoms with Crippen LogP contribution >= 0.6 is 0 Å². The average molecular weight is 293 g/mol. The van der Waals surface area contributed by atoms with Crippen molar-refractivity contribution in [1.29, 1.82) is 0 Å². The maximum Gasteiger partial charge on any atom is 0.182 e. The molecule has 3 atom stereocenters. The highest BCUT2D eigenvalue weighted by atomic mass is 32.2. The van der Waals surface area contributed by atoms with Gasteiger partial charge in [0.1, 0.15) is 0 Å². The molecule has 1 saturated carbocycles. The third-order valence-electron chi connectivity index (χ3n) is 4.90. The monoisotopic (exact) mass is 293 g/mol. The molecule has 2 aliphatic rings. The van der Waals surface area contributed by atoms with E-state index in [9.17, 15) is 8.42 Å². The van der Waals surface area contributed by atoms with Gasteiger partial charge in [-0.3, -0.25) is 0 Å². The van der Waals surface area contributed by atoms with Crippen molar-refractivity contribution < 1.29 is 8.42 Å². The van der Waals surface area contributed by atoms with Gasteiger partial charge in [0, 0.05) is 6.04 Å². The van der Waals surface area contributed by atoms with Crippen LogP contribution in [0.15, 0.2) is 23.1 Å². The molecule has 0 bridgehead atoms. The molecular weight excluding hydrogens is 270 g/mol. The fourth-order valence-corrected chi connectivity index (χ4v) is 5.70. The summed E-state index contributed by atoms with van der Waals surface area (Å²) in [5.74, 6) is 0.448. The highest BCUT2D eigenvalue weighted by Crippen LogP contribution is 2.33. The molecule has 1 aromatic carbocycles. The van der Waals surface area contributed by atoms with E-state index in [1.165, 1.54) is 11.1 Å². The Kier molecular flexibility index (Phi) is 3.63. The lowest BCUT2D eigenvalue weighted by Crippen LogP contribution is -2.44. The second-order valence-electron chi connectivity index (χ2n) is 6.45. The molecule has 0 spiro atoms. The predicted octanol–water partition coefficient (Wildman–Crippen LogP) is 2.46. The molecule has 0 radical (unpaired) electrons. The minimum atomic E-state index is -3.29. The lowest BCUT2D eigenvalue weighted by atomic mass is 9.87. The van der Waals surface area contributed by atoms with Crippen molar-refractivity contribution in [3.63, 3.8) is 0 Å². The Morgan fingerprint density at radius 1 is 1.15 bits per heavy atom. The molecule has 20 heavy (non-hydrogen) atoms. The molecule has 3 nitrogen and oxygen atoms in total. The quantitative estimate of drug-likeness (QED) is 0.911. The summed E-state index contributed by atoms with van der Waals surface area (Å²) >= 11 is 0. The van der Waals surface area contributed by atoms with Gasteiger partial charge in [-0.15, -0.1) is 0 Å². The highest BCUT2D eigenvalue weighted by Gasteiger charge is 2.37. The summed E-state index contributed by atoms with van der Waals surface area (Å²) in [7, 11) is -3.29. The molecule has 0 aromatic heterocycles. The molecule has 3 unspecified atom stereocenters. The lowest BCUT2D eigenvalue weighted by molar-refractivity contribution is 0.346. The van der Waals surface area contributed by atoms with Gasteiger partial charge in [0.15, 0.2) is 9.84 Å². The zero-order chi connectivity index (χ0) is 14.3. The molecule has 1 aromatic rings. The first-order valence-corrected chi connectivity index (χ1v) is 9.14. The second-order valence-corrected chi connectivity index (χ2v) is 8.62. The van der Waals surface area contributed by atoms with Gasteiger partial charge in [-0.2, -0.15) is 0 Å². The van der Waals surface area contributed by atoms with E-state index in [0.29, 0.717) is 17.2 Å². The van der Waals surface area contributed by atoms with Crippen molar-refractivity contribution in [2.45, 2.75) is 61.6 Å². The maximum atomic E-state index is 12.9. The van der Waals surface area contributed by atoms with Gasteiger partial charge in [0.05, 0.1) is 10.1 Å². The van der Waals surface area contributed by atoms with E-state index in [1.807, 2.05) is 12.1 Å². The molecule has 110 valence electrons. The fraction of sp³-hybridized carbons (Fsp3) is 0.625. The minimum Gasteiger partial charge on any atom is -0.327 e. The number of rotatable bonds is 2. The first-order valence-electron chi connectivity index (χ1n) is 7.60. The average Bonchev–Trinajstić information content (AvgIpc) is 2.88. The fourth-order valence-electron chi connectivity index (χ4n) is 3.61. The van der Waals surface area contributed by atoms with Crippen molar-refractivity contribution in [2.24, 2.45) is 11.7 Å². The number of sulfone groups is 1. The number of fused-ring (bicyclic) bond motifs is 1. The van der Waals surface area contributed by atoms with Crippen LogP contribution in [0.1, 0.15) is 43.7 Å². The van der Waals surface area contributed by atoms with Crippen LogP contribution < -0.4 is 5.73 Å². The van der Waals surface area contributed by atoms with Gasteiger partial charge in [0.25, 0.3) is 0 Å². The van der Waals surface area contributed by atoms with Crippen LogP contribution in [0.2, 0.25) is 0 Å². The van der Waals surface area contributed by atoms with E-state index >= 15 is 0 Å². The highest BCUT2D eigenvalue weighted by molar-refractivity contribution is 7.92. The van der Waals surface area contributed by atoms with E-state index in [2.05, 4.69) is 6.92 Å². The van der Waals surface area contributed by atoms with Crippen LogP contribution in [0.25, 0.3) is 0 Å². The Labute approximate surface area is 121 Å². The minimum absolute atomic E-state index is 0.218. The summed E-state index contributed by atoms with van der Waals surface area (Å²) in [6, 6.07) is 5.45. The smallest absolute Gasteiger partial charge is 0.182 e. The van der Waals surface area contributed by atoms with Crippen LogP contribution in [-0.4, -0.2) is 19.7 Å². The summed E-state index contributed by atoms with van der Waals surface area (Å²) in [4.78, 5) is 0.479. The summed E-state index contributed by atoms with van der Waals surface area (Å²) in [6.45, 7) is 2.12. The third-order valence-corrected chi connectivity index (χ3v) is 7.15. The van der Waals surface area contributed by atoms with Crippen molar-refractivity contribution in [3.05, 3.63) is 29.3 Å². The van der Waals surface area contributed by atoms with Gasteiger partial charge < -0.3 is 5.73 Å². The van der Waals surface area contributed by atoms with Crippen molar-refractivity contribution in [3.8, 4) is 0 Å². The summed E-state index contributed by atoms with van der Waals surface area (Å²) in [5, 5.41) is -0.411. The second kappa shape index (κ2) is 5.15. The van der Waals surface area contributed by atoms with Crippen molar-refractivity contribution in [1.82, 2.24) is 0 Å². The zero-order valence-corrected chi connectivity index (χ0v) is 12.8. The number of hydrogen-bond donors (Lipinski definition) is 1. The summed E-state index contributed by atoms with van der Waals surface area (Å²) < 4.78 is 25.7. The van der Waals surface area contributed by atoms with Crippen LogP contribution in [0.3, 0.4) is 0 Å². The molecule has 0 saturated heterocycles. The van der Waals surface area contributed by atoms with Gasteiger partial charge in [-0.25, -0.2) is 8.42 Å². The zero-order valence-electron chi connectivity index (χ0n) is 12.0. The molecular formula is C16H23NO2S. The Hall–Kier alpha value is -0.870. The SMILES string of the molecule is CC1CCC(N)C(S(=O)(=O)c2ccc3c(c2)CCC3)C1. The van der Waals surface area contributed by atoms with E-state index in [4.69, 9.17) is 5.73 Å². The van der Waals surface area contributed by atoms with Crippen molar-refractivity contribution in [2.75, 3.05) is 0 Å². The largest absolute Gasteiger partial charge is 0.327 e. The Balaban J connectivity index is 1.95. The Morgan fingerprint density at radius 3 is 2.70 bits per heavy atom. The Morgan fingerprint density at radius 2 is 1.90 bits per heavy atom. The normalized spacial score (nSPS) is 30.2. The van der Waals surface area contributed by atoms with E-state index in [0.717, 1.165) is 32.1 Å². The molecule has 4 heteroatoms. The summed E-state index contributed by atoms with van der Waals surface area (Å²) in [5.41, 5.74) is 8.62. The van der Waals surface area contributed by atoms with Gasteiger partial charge >= 0.3 is 0 Å². The maximum absolute atomic E-state index is 12.9. The van der Waals surface area contributed by atoms with E-state index < -0.39 is 15.1 Å². The van der Waals surface area contributed by atoms with Crippen LogP contribution in [0.5, 0.6) is 0 Å². The molecule has 2 aliphatic carbocycles. The first kappa shape index (κ1) is 14.1. The van der Waals surface area contributed by atoms with Gasteiger partial charge in [0.2, 0.25) is 0 Å².